The second-order valence-corrected chi connectivity index (χ2v) is 4.26. The molecule has 2 aromatic rings. The molecule has 21 heavy (non-hydrogen) atoms. The Balaban J connectivity index is 2.76. The van der Waals surface area contributed by atoms with Crippen LogP contribution in [0.25, 0.3) is 10.8 Å². The van der Waals surface area contributed by atoms with E-state index in [1.807, 2.05) is 0 Å². The zero-order valence-corrected chi connectivity index (χ0v) is 11.7. The lowest BCUT2D eigenvalue weighted by Crippen LogP contribution is -2.06. The quantitative estimate of drug-likeness (QED) is 0.643. The average molecular weight is 292 g/mol. The van der Waals surface area contributed by atoms with Gasteiger partial charge in [0.15, 0.2) is 0 Å². The van der Waals surface area contributed by atoms with E-state index in [0.29, 0.717) is 5.39 Å². The van der Waals surface area contributed by atoms with Gasteiger partial charge in [0.1, 0.15) is 17.3 Å². The average Bonchev–Trinajstić information content (AvgIpc) is 2.46. The van der Waals surface area contributed by atoms with Crippen molar-refractivity contribution in [3.05, 3.63) is 35.6 Å². The van der Waals surface area contributed by atoms with Gasteiger partial charge >= 0.3 is 11.9 Å². The molecular weight excluding hydrogens is 279 g/mol. The minimum absolute atomic E-state index is 0.0678. The van der Waals surface area contributed by atoms with E-state index in [2.05, 4.69) is 4.74 Å². The summed E-state index contributed by atoms with van der Waals surface area (Å²) < 4.78 is 28.8. The molecule has 0 aromatic heterocycles. The summed E-state index contributed by atoms with van der Waals surface area (Å²) in [5.41, 5.74) is 0.0883. The Morgan fingerprint density at radius 2 is 1.76 bits per heavy atom. The summed E-state index contributed by atoms with van der Waals surface area (Å²) in [5, 5.41) is 0.463. The van der Waals surface area contributed by atoms with Crippen LogP contribution in [0.3, 0.4) is 0 Å². The minimum Gasteiger partial charge on any atom is -0.497 e. The van der Waals surface area contributed by atoms with Crippen LogP contribution in [0, 0.1) is 5.82 Å². The van der Waals surface area contributed by atoms with Gasteiger partial charge in [-0.2, -0.15) is 0 Å². The van der Waals surface area contributed by atoms with Crippen LogP contribution in [0.5, 0.6) is 11.5 Å². The molecule has 0 saturated carbocycles. The van der Waals surface area contributed by atoms with Crippen molar-refractivity contribution >= 4 is 22.7 Å². The predicted molar refractivity (Wildman–Crippen MR) is 73.1 cm³/mol. The highest BCUT2D eigenvalue weighted by molar-refractivity contribution is 5.99. The highest BCUT2D eigenvalue weighted by Gasteiger charge is 2.16. The van der Waals surface area contributed by atoms with E-state index in [1.165, 1.54) is 45.4 Å². The molecule has 2 rings (SSSR count). The molecule has 0 radical (unpaired) electrons. The van der Waals surface area contributed by atoms with Crippen LogP contribution < -0.4 is 9.47 Å². The Morgan fingerprint density at radius 3 is 2.33 bits per heavy atom. The van der Waals surface area contributed by atoms with Gasteiger partial charge in [0, 0.05) is 23.8 Å². The van der Waals surface area contributed by atoms with Gasteiger partial charge < -0.3 is 14.2 Å². The summed E-state index contributed by atoms with van der Waals surface area (Å²) in [7, 11) is 2.61. The summed E-state index contributed by atoms with van der Waals surface area (Å²) in [4.78, 5) is 22.8. The van der Waals surface area contributed by atoms with Crippen molar-refractivity contribution in [3.63, 3.8) is 0 Å². The molecule has 0 spiro atoms. The standard InChI is InChI=1S/C15H13FO5/c1-8(17)21-14-5-9(15(18)20-3)4-11-12(14)6-10(19-2)7-13(11)16/h4-7H,1-3H3. The third-order valence-corrected chi connectivity index (χ3v) is 2.87. The van der Waals surface area contributed by atoms with Gasteiger partial charge in [0.25, 0.3) is 0 Å². The van der Waals surface area contributed by atoms with Gasteiger partial charge in [-0.05, 0) is 18.2 Å². The number of benzene rings is 2. The maximum Gasteiger partial charge on any atom is 0.338 e. The zero-order valence-electron chi connectivity index (χ0n) is 11.7. The summed E-state index contributed by atoms with van der Waals surface area (Å²) in [6, 6.07) is 5.37. The Labute approximate surface area is 120 Å². The number of hydrogen-bond acceptors (Lipinski definition) is 5. The zero-order chi connectivity index (χ0) is 15.6. The lowest BCUT2D eigenvalue weighted by molar-refractivity contribution is -0.131. The van der Waals surface area contributed by atoms with Crippen molar-refractivity contribution in [2.75, 3.05) is 14.2 Å². The third kappa shape index (κ3) is 2.94. The molecule has 0 bridgehead atoms. The van der Waals surface area contributed by atoms with Crippen molar-refractivity contribution < 1.29 is 28.2 Å². The molecule has 0 atom stereocenters. The van der Waals surface area contributed by atoms with Crippen molar-refractivity contribution in [1.82, 2.24) is 0 Å². The van der Waals surface area contributed by atoms with Crippen molar-refractivity contribution in [2.45, 2.75) is 6.92 Å². The van der Waals surface area contributed by atoms with Gasteiger partial charge in [0.2, 0.25) is 0 Å². The second kappa shape index (κ2) is 5.78. The van der Waals surface area contributed by atoms with Gasteiger partial charge in [-0.3, -0.25) is 4.79 Å². The first kappa shape index (κ1) is 14.8. The predicted octanol–water partition coefficient (Wildman–Crippen LogP) is 2.70. The van der Waals surface area contributed by atoms with Crippen molar-refractivity contribution in [2.24, 2.45) is 0 Å². The fourth-order valence-corrected chi connectivity index (χ4v) is 1.95. The van der Waals surface area contributed by atoms with Crippen molar-refractivity contribution in [3.8, 4) is 11.5 Å². The van der Waals surface area contributed by atoms with Crippen LogP contribution in [0.2, 0.25) is 0 Å². The van der Waals surface area contributed by atoms with E-state index in [9.17, 15) is 14.0 Å². The number of ether oxygens (including phenoxy) is 3. The number of carbonyl (C=O) groups excluding carboxylic acids is 2. The largest absolute Gasteiger partial charge is 0.497 e. The monoisotopic (exact) mass is 292 g/mol. The first-order chi connectivity index (χ1) is 9.96. The molecule has 2 aromatic carbocycles. The molecule has 0 aliphatic heterocycles. The number of halogens is 1. The van der Waals surface area contributed by atoms with Gasteiger partial charge in [-0.1, -0.05) is 0 Å². The van der Waals surface area contributed by atoms with Crippen LogP contribution in [0.15, 0.2) is 24.3 Å². The van der Waals surface area contributed by atoms with E-state index in [0.717, 1.165) is 0 Å². The number of methoxy groups -OCH3 is 2. The van der Waals surface area contributed by atoms with Crippen LogP contribution in [-0.4, -0.2) is 26.2 Å². The third-order valence-electron chi connectivity index (χ3n) is 2.87. The Hall–Kier alpha value is -2.63. The number of fused-ring (bicyclic) bond motifs is 1. The molecule has 0 saturated heterocycles. The molecule has 110 valence electrons. The lowest BCUT2D eigenvalue weighted by Gasteiger charge is -2.11. The summed E-state index contributed by atoms with van der Waals surface area (Å²) in [6.45, 7) is 1.22. The maximum atomic E-state index is 14.1. The molecule has 6 heteroatoms. The molecule has 0 amide bonds. The van der Waals surface area contributed by atoms with Crippen LogP contribution >= 0.6 is 0 Å². The van der Waals surface area contributed by atoms with E-state index < -0.39 is 17.8 Å². The van der Waals surface area contributed by atoms with E-state index >= 15 is 0 Å². The molecule has 0 N–H and O–H groups in total. The first-order valence-corrected chi connectivity index (χ1v) is 6.04. The highest BCUT2D eigenvalue weighted by atomic mass is 19.1. The molecule has 0 heterocycles. The highest BCUT2D eigenvalue weighted by Crippen LogP contribution is 2.33. The fraction of sp³-hybridized carbons (Fsp3) is 0.200. The smallest absolute Gasteiger partial charge is 0.338 e. The van der Waals surface area contributed by atoms with Crippen molar-refractivity contribution in [1.29, 1.82) is 0 Å². The number of esters is 2. The topological polar surface area (TPSA) is 61.8 Å². The SMILES string of the molecule is COC(=O)c1cc(OC(C)=O)c2cc(OC)cc(F)c2c1. The Morgan fingerprint density at radius 1 is 1.05 bits per heavy atom. The minimum atomic E-state index is -0.652. The molecule has 5 nitrogen and oxygen atoms in total. The summed E-state index contributed by atoms with van der Waals surface area (Å²) >= 11 is 0. The van der Waals surface area contributed by atoms with Crippen LogP contribution in [0.1, 0.15) is 17.3 Å². The molecule has 0 fully saturated rings. The van der Waals surface area contributed by atoms with Gasteiger partial charge in [0.05, 0.1) is 19.8 Å². The normalized spacial score (nSPS) is 10.3. The molecule has 0 aliphatic carbocycles. The van der Waals surface area contributed by atoms with Crippen LogP contribution in [-0.2, 0) is 9.53 Å². The van der Waals surface area contributed by atoms with E-state index in [4.69, 9.17) is 9.47 Å². The van der Waals surface area contributed by atoms with Crippen LogP contribution in [0.4, 0.5) is 4.39 Å². The van der Waals surface area contributed by atoms with E-state index in [1.54, 1.807) is 0 Å². The molecular formula is C15H13FO5. The lowest BCUT2D eigenvalue weighted by atomic mass is 10.0. The number of carbonyl (C=O) groups is 2. The molecule has 0 aliphatic rings. The summed E-state index contributed by atoms with van der Waals surface area (Å²) in [6.07, 6.45) is 0. The number of hydrogen-bond donors (Lipinski definition) is 0. The number of rotatable bonds is 3. The second-order valence-electron chi connectivity index (χ2n) is 4.26. The molecule has 0 unspecified atom stereocenters. The van der Waals surface area contributed by atoms with Gasteiger partial charge in [-0.25, -0.2) is 9.18 Å². The van der Waals surface area contributed by atoms with Gasteiger partial charge in [-0.15, -0.1) is 0 Å². The first-order valence-electron chi connectivity index (χ1n) is 6.04. The Bertz CT molecular complexity index is 724. The van der Waals surface area contributed by atoms with E-state index in [-0.39, 0.29) is 22.4 Å². The summed E-state index contributed by atoms with van der Waals surface area (Å²) in [5.74, 6) is -1.48. The maximum absolute atomic E-state index is 14.1. The Kier molecular flexibility index (Phi) is 4.07. The fourth-order valence-electron chi connectivity index (χ4n) is 1.95.